The zero-order chi connectivity index (χ0) is 17.1. The maximum atomic E-state index is 13.6. The van der Waals surface area contributed by atoms with E-state index in [1.165, 1.54) is 24.5 Å². The molecule has 2 atom stereocenters. The SMILES string of the molecule is CCOC(=O)C1C(=O)C=C(c2ccco2)CC1c1cccc(F)c1. The van der Waals surface area contributed by atoms with Crippen LogP contribution in [0.3, 0.4) is 0 Å². The summed E-state index contributed by atoms with van der Waals surface area (Å²) in [6, 6.07) is 9.47. The Morgan fingerprint density at radius 2 is 2.17 bits per heavy atom. The summed E-state index contributed by atoms with van der Waals surface area (Å²) < 4.78 is 24.0. The van der Waals surface area contributed by atoms with Crippen LogP contribution in [0.4, 0.5) is 4.39 Å². The number of ketones is 1. The van der Waals surface area contributed by atoms with E-state index in [0.717, 1.165) is 0 Å². The first kappa shape index (κ1) is 16.2. The van der Waals surface area contributed by atoms with Crippen LogP contribution in [0.25, 0.3) is 5.57 Å². The van der Waals surface area contributed by atoms with Crippen LogP contribution in [0.5, 0.6) is 0 Å². The number of furan rings is 1. The number of hydrogen-bond donors (Lipinski definition) is 0. The molecular weight excluding hydrogens is 311 g/mol. The van der Waals surface area contributed by atoms with Crippen LogP contribution in [0.15, 0.2) is 53.2 Å². The lowest BCUT2D eigenvalue weighted by Crippen LogP contribution is -2.34. The van der Waals surface area contributed by atoms with Gasteiger partial charge in [-0.3, -0.25) is 9.59 Å². The molecule has 0 radical (unpaired) electrons. The summed E-state index contributed by atoms with van der Waals surface area (Å²) in [4.78, 5) is 24.9. The number of rotatable bonds is 4. The van der Waals surface area contributed by atoms with E-state index in [1.807, 2.05) is 0 Å². The smallest absolute Gasteiger partial charge is 0.317 e. The van der Waals surface area contributed by atoms with Crippen LogP contribution >= 0.6 is 0 Å². The van der Waals surface area contributed by atoms with Gasteiger partial charge in [0, 0.05) is 5.92 Å². The molecule has 1 aliphatic carbocycles. The Balaban J connectivity index is 2.02. The Hall–Kier alpha value is -2.69. The van der Waals surface area contributed by atoms with Gasteiger partial charge in [-0.2, -0.15) is 0 Å². The normalized spacial score (nSPS) is 20.6. The van der Waals surface area contributed by atoms with Crippen molar-refractivity contribution in [2.45, 2.75) is 19.3 Å². The van der Waals surface area contributed by atoms with E-state index in [9.17, 15) is 14.0 Å². The fourth-order valence-electron chi connectivity index (χ4n) is 3.07. The molecule has 0 fully saturated rings. The number of benzene rings is 1. The van der Waals surface area contributed by atoms with Gasteiger partial charge in [-0.15, -0.1) is 0 Å². The highest BCUT2D eigenvalue weighted by atomic mass is 19.1. The molecule has 3 rings (SSSR count). The quantitative estimate of drug-likeness (QED) is 0.634. The number of esters is 1. The zero-order valence-corrected chi connectivity index (χ0v) is 13.2. The third-order valence-electron chi connectivity index (χ3n) is 4.12. The Labute approximate surface area is 138 Å². The largest absolute Gasteiger partial charge is 0.465 e. The zero-order valence-electron chi connectivity index (χ0n) is 13.2. The fraction of sp³-hybridized carbons (Fsp3) is 0.263. The second-order valence-corrected chi connectivity index (χ2v) is 5.64. The summed E-state index contributed by atoms with van der Waals surface area (Å²) in [7, 11) is 0. The van der Waals surface area contributed by atoms with Gasteiger partial charge in [-0.25, -0.2) is 4.39 Å². The Morgan fingerprint density at radius 3 is 2.83 bits per heavy atom. The predicted molar refractivity (Wildman–Crippen MR) is 85.6 cm³/mol. The van der Waals surface area contributed by atoms with Crippen molar-refractivity contribution in [1.82, 2.24) is 0 Å². The lowest BCUT2D eigenvalue weighted by Gasteiger charge is -2.28. The third-order valence-corrected chi connectivity index (χ3v) is 4.12. The monoisotopic (exact) mass is 328 g/mol. The van der Waals surface area contributed by atoms with Gasteiger partial charge in [0.2, 0.25) is 0 Å². The highest BCUT2D eigenvalue weighted by Gasteiger charge is 2.40. The molecule has 0 spiro atoms. The van der Waals surface area contributed by atoms with Crippen LogP contribution in [-0.4, -0.2) is 18.4 Å². The second-order valence-electron chi connectivity index (χ2n) is 5.64. The highest BCUT2D eigenvalue weighted by Crippen LogP contribution is 2.40. The minimum absolute atomic E-state index is 0.188. The number of halogens is 1. The summed E-state index contributed by atoms with van der Waals surface area (Å²) >= 11 is 0. The van der Waals surface area contributed by atoms with Gasteiger partial charge in [0.05, 0.1) is 12.9 Å². The number of allylic oxidation sites excluding steroid dienone is 2. The first-order valence-corrected chi connectivity index (χ1v) is 7.80. The lowest BCUT2D eigenvalue weighted by molar-refractivity contribution is -0.151. The van der Waals surface area contributed by atoms with E-state index in [2.05, 4.69) is 0 Å². The molecule has 1 aliphatic rings. The third kappa shape index (κ3) is 3.15. The second kappa shape index (κ2) is 6.83. The van der Waals surface area contributed by atoms with Gasteiger partial charge in [0.1, 0.15) is 17.5 Å². The maximum absolute atomic E-state index is 13.6. The van der Waals surface area contributed by atoms with Gasteiger partial charge < -0.3 is 9.15 Å². The molecule has 2 aromatic rings. The number of carbonyl (C=O) groups excluding carboxylic acids is 2. The Kier molecular flexibility index (Phi) is 4.60. The van der Waals surface area contributed by atoms with Crippen LogP contribution in [-0.2, 0) is 14.3 Å². The minimum atomic E-state index is -0.967. The molecule has 0 amide bonds. The molecule has 4 nitrogen and oxygen atoms in total. The Morgan fingerprint density at radius 1 is 1.33 bits per heavy atom. The van der Waals surface area contributed by atoms with Crippen LogP contribution in [0.2, 0.25) is 0 Å². The van der Waals surface area contributed by atoms with E-state index in [-0.39, 0.29) is 12.4 Å². The average Bonchev–Trinajstić information content (AvgIpc) is 3.08. The molecular formula is C19H17FO4. The van der Waals surface area contributed by atoms with Gasteiger partial charge in [0.15, 0.2) is 5.78 Å². The Bertz CT molecular complexity index is 776. The van der Waals surface area contributed by atoms with Gasteiger partial charge >= 0.3 is 5.97 Å². The summed E-state index contributed by atoms with van der Waals surface area (Å²) in [5, 5.41) is 0. The van der Waals surface area contributed by atoms with E-state index in [1.54, 1.807) is 31.2 Å². The van der Waals surface area contributed by atoms with Crippen LogP contribution < -0.4 is 0 Å². The molecule has 1 aromatic carbocycles. The first-order valence-electron chi connectivity index (χ1n) is 7.80. The van der Waals surface area contributed by atoms with Crippen molar-refractivity contribution in [3.8, 4) is 0 Å². The van der Waals surface area contributed by atoms with E-state index >= 15 is 0 Å². The van der Waals surface area contributed by atoms with Crippen LogP contribution in [0.1, 0.15) is 30.6 Å². The lowest BCUT2D eigenvalue weighted by atomic mass is 9.74. The maximum Gasteiger partial charge on any atom is 0.317 e. The summed E-state index contributed by atoms with van der Waals surface area (Å²) in [5.41, 5.74) is 1.29. The van der Waals surface area contributed by atoms with Crippen molar-refractivity contribution >= 4 is 17.3 Å². The molecule has 124 valence electrons. The van der Waals surface area contributed by atoms with E-state index in [4.69, 9.17) is 9.15 Å². The molecule has 0 saturated carbocycles. The van der Waals surface area contributed by atoms with Crippen molar-refractivity contribution in [3.63, 3.8) is 0 Å². The van der Waals surface area contributed by atoms with Crippen LogP contribution in [0, 0.1) is 11.7 Å². The molecule has 24 heavy (non-hydrogen) atoms. The van der Waals surface area contributed by atoms with Crippen molar-refractivity contribution in [1.29, 1.82) is 0 Å². The molecule has 0 saturated heterocycles. The molecule has 0 N–H and O–H groups in total. The van der Waals surface area contributed by atoms with Gasteiger partial charge in [-0.05, 0) is 54.8 Å². The molecule has 1 heterocycles. The summed E-state index contributed by atoms with van der Waals surface area (Å²) in [6.45, 7) is 1.87. The highest BCUT2D eigenvalue weighted by molar-refractivity contribution is 6.10. The van der Waals surface area contributed by atoms with Gasteiger partial charge in [0.25, 0.3) is 0 Å². The molecule has 0 aliphatic heterocycles. The van der Waals surface area contributed by atoms with E-state index in [0.29, 0.717) is 23.3 Å². The number of carbonyl (C=O) groups is 2. The molecule has 5 heteroatoms. The van der Waals surface area contributed by atoms with Crippen molar-refractivity contribution in [2.24, 2.45) is 5.92 Å². The average molecular weight is 328 g/mol. The summed E-state index contributed by atoms with van der Waals surface area (Å²) in [5.74, 6) is -2.21. The predicted octanol–water partition coefficient (Wildman–Crippen LogP) is 3.74. The van der Waals surface area contributed by atoms with Crippen molar-refractivity contribution < 1.29 is 23.1 Å². The van der Waals surface area contributed by atoms with Gasteiger partial charge in [-0.1, -0.05) is 12.1 Å². The minimum Gasteiger partial charge on any atom is -0.465 e. The first-order chi connectivity index (χ1) is 11.6. The molecule has 1 aromatic heterocycles. The standard InChI is InChI=1S/C19H17FO4/c1-2-23-19(22)18-15(12-5-3-6-14(20)9-12)10-13(11-16(18)21)17-7-4-8-24-17/h3-9,11,15,18H,2,10H2,1H3. The fourth-order valence-corrected chi connectivity index (χ4v) is 3.07. The van der Waals surface area contributed by atoms with Crippen molar-refractivity contribution in [3.05, 3.63) is 65.9 Å². The summed E-state index contributed by atoms with van der Waals surface area (Å²) in [6.07, 6.45) is 3.34. The number of hydrogen-bond acceptors (Lipinski definition) is 4. The van der Waals surface area contributed by atoms with E-state index < -0.39 is 23.6 Å². The number of ether oxygens (including phenoxy) is 1. The van der Waals surface area contributed by atoms with Crippen molar-refractivity contribution in [2.75, 3.05) is 6.61 Å². The molecule has 0 bridgehead atoms. The topological polar surface area (TPSA) is 56.5 Å². The molecule has 2 unspecified atom stereocenters.